The molecule has 6 nitrogen and oxygen atoms in total. The Kier molecular flexibility index (Phi) is 3.25. The van der Waals surface area contributed by atoms with Gasteiger partial charge in [0.1, 0.15) is 0 Å². The molecule has 1 aromatic rings. The van der Waals surface area contributed by atoms with Crippen LogP contribution >= 0.6 is 0 Å². The molecule has 0 fully saturated rings. The molecular weight excluding hydrogens is 204 g/mol. The third-order valence-electron chi connectivity index (χ3n) is 1.76. The number of nitrogens with two attached hydrogens (primary N) is 1. The third-order valence-corrected chi connectivity index (χ3v) is 3.42. The minimum absolute atomic E-state index is 0.137. The Hall–Kier alpha value is -0.920. The summed E-state index contributed by atoms with van der Waals surface area (Å²) in [5.41, 5.74) is 5.32. The van der Waals surface area contributed by atoms with Gasteiger partial charge in [-0.05, 0) is 13.0 Å². The van der Waals surface area contributed by atoms with Crippen LogP contribution in [-0.2, 0) is 17.1 Å². The van der Waals surface area contributed by atoms with Crippen LogP contribution in [0.15, 0.2) is 17.3 Å². The van der Waals surface area contributed by atoms with Crippen LogP contribution in [0.4, 0.5) is 0 Å². The van der Waals surface area contributed by atoms with E-state index in [-0.39, 0.29) is 17.6 Å². The van der Waals surface area contributed by atoms with Crippen LogP contribution < -0.4 is 10.5 Å². The second-order valence-corrected chi connectivity index (χ2v) is 4.71. The molecule has 1 aromatic heterocycles. The van der Waals surface area contributed by atoms with Gasteiger partial charge in [-0.3, -0.25) is 4.68 Å². The standard InChI is InChI=1S/C7H14N4O2S/c1-6(5-8)10-14(12,13)7-3-4-9-11(7)2/h3-4,6,10H,5,8H2,1-2H3/t6-/m0/s1. The number of nitrogens with one attached hydrogen (secondary N) is 1. The fourth-order valence-corrected chi connectivity index (χ4v) is 2.38. The van der Waals surface area contributed by atoms with Crippen molar-refractivity contribution in [2.75, 3.05) is 6.54 Å². The lowest BCUT2D eigenvalue weighted by atomic mass is 10.4. The largest absolute Gasteiger partial charge is 0.329 e. The SMILES string of the molecule is C[C@@H](CN)NS(=O)(=O)c1ccnn1C. The first-order chi connectivity index (χ1) is 6.47. The number of hydrogen-bond acceptors (Lipinski definition) is 4. The van der Waals surface area contributed by atoms with Gasteiger partial charge < -0.3 is 5.73 Å². The Bertz CT molecular complexity index is 398. The van der Waals surface area contributed by atoms with Gasteiger partial charge in [-0.2, -0.15) is 5.10 Å². The summed E-state index contributed by atoms with van der Waals surface area (Å²) in [5, 5.41) is 3.92. The van der Waals surface area contributed by atoms with Crippen LogP contribution in [0.5, 0.6) is 0 Å². The van der Waals surface area contributed by atoms with Crippen molar-refractivity contribution >= 4 is 10.0 Å². The lowest BCUT2D eigenvalue weighted by molar-refractivity contribution is 0.547. The number of nitrogens with zero attached hydrogens (tertiary/aromatic N) is 2. The summed E-state index contributed by atoms with van der Waals surface area (Å²) in [6.45, 7) is 1.96. The van der Waals surface area contributed by atoms with E-state index in [1.165, 1.54) is 16.9 Å². The fraction of sp³-hybridized carbons (Fsp3) is 0.571. The van der Waals surface area contributed by atoms with Crippen LogP contribution in [-0.4, -0.2) is 30.8 Å². The summed E-state index contributed by atoms with van der Waals surface area (Å²) in [6, 6.07) is 1.15. The van der Waals surface area contributed by atoms with Crippen molar-refractivity contribution < 1.29 is 8.42 Å². The predicted molar refractivity (Wildman–Crippen MR) is 52.0 cm³/mol. The van der Waals surface area contributed by atoms with Gasteiger partial charge in [0.2, 0.25) is 0 Å². The van der Waals surface area contributed by atoms with Gasteiger partial charge in [-0.1, -0.05) is 0 Å². The highest BCUT2D eigenvalue weighted by atomic mass is 32.2. The lowest BCUT2D eigenvalue weighted by Crippen LogP contribution is -2.38. The lowest BCUT2D eigenvalue weighted by Gasteiger charge is -2.11. The maximum absolute atomic E-state index is 11.7. The predicted octanol–water partition coefficient (Wildman–Crippen LogP) is -0.954. The normalized spacial score (nSPS) is 14.2. The number of hydrogen-bond donors (Lipinski definition) is 2. The first-order valence-electron chi connectivity index (χ1n) is 4.18. The molecule has 80 valence electrons. The molecule has 0 saturated heterocycles. The Morgan fingerprint density at radius 1 is 1.71 bits per heavy atom. The molecule has 3 N–H and O–H groups in total. The third kappa shape index (κ3) is 2.31. The van der Waals surface area contributed by atoms with Gasteiger partial charge in [0.15, 0.2) is 5.03 Å². The van der Waals surface area contributed by atoms with Crippen LogP contribution in [0.1, 0.15) is 6.92 Å². The van der Waals surface area contributed by atoms with Crippen LogP contribution in [0.2, 0.25) is 0 Å². The zero-order chi connectivity index (χ0) is 10.8. The molecule has 0 aliphatic carbocycles. The maximum atomic E-state index is 11.7. The molecule has 0 amide bonds. The molecule has 0 radical (unpaired) electrons. The van der Waals surface area contributed by atoms with Crippen molar-refractivity contribution in [2.24, 2.45) is 12.8 Å². The van der Waals surface area contributed by atoms with Crippen molar-refractivity contribution in [3.63, 3.8) is 0 Å². The Balaban J connectivity index is 2.92. The first-order valence-corrected chi connectivity index (χ1v) is 5.66. The van der Waals surface area contributed by atoms with Crippen molar-refractivity contribution in [1.29, 1.82) is 0 Å². The average molecular weight is 218 g/mol. The Morgan fingerprint density at radius 3 is 2.79 bits per heavy atom. The van der Waals surface area contributed by atoms with E-state index in [0.29, 0.717) is 0 Å². The first kappa shape index (κ1) is 11.2. The van der Waals surface area contributed by atoms with E-state index in [2.05, 4.69) is 9.82 Å². The average Bonchev–Trinajstić information content (AvgIpc) is 2.51. The highest BCUT2D eigenvalue weighted by Crippen LogP contribution is 2.06. The summed E-state index contributed by atoms with van der Waals surface area (Å²) in [6.07, 6.45) is 1.43. The number of rotatable bonds is 4. The Morgan fingerprint density at radius 2 is 2.36 bits per heavy atom. The summed E-state index contributed by atoms with van der Waals surface area (Å²) in [5.74, 6) is 0. The Labute approximate surface area is 83.1 Å². The zero-order valence-electron chi connectivity index (χ0n) is 8.14. The molecule has 0 saturated carbocycles. The van der Waals surface area contributed by atoms with Crippen molar-refractivity contribution in [1.82, 2.24) is 14.5 Å². The van der Waals surface area contributed by atoms with Crippen molar-refractivity contribution in [2.45, 2.75) is 18.0 Å². The molecule has 0 bridgehead atoms. The molecule has 1 heterocycles. The molecule has 7 heteroatoms. The summed E-state index contributed by atoms with van der Waals surface area (Å²) >= 11 is 0. The zero-order valence-corrected chi connectivity index (χ0v) is 8.95. The molecular formula is C7H14N4O2S. The molecule has 0 unspecified atom stereocenters. The minimum atomic E-state index is -3.49. The van der Waals surface area contributed by atoms with E-state index in [9.17, 15) is 8.42 Å². The van der Waals surface area contributed by atoms with E-state index in [0.717, 1.165) is 0 Å². The molecule has 0 aliphatic rings. The van der Waals surface area contributed by atoms with Crippen LogP contribution in [0, 0.1) is 0 Å². The van der Waals surface area contributed by atoms with Gasteiger partial charge in [0.25, 0.3) is 10.0 Å². The second kappa shape index (κ2) is 4.07. The summed E-state index contributed by atoms with van der Waals surface area (Å²) < 4.78 is 27.0. The van der Waals surface area contributed by atoms with Crippen molar-refractivity contribution in [3.8, 4) is 0 Å². The fourth-order valence-electron chi connectivity index (χ4n) is 0.999. The van der Waals surface area contributed by atoms with E-state index in [1.54, 1.807) is 14.0 Å². The number of aromatic nitrogens is 2. The smallest absolute Gasteiger partial charge is 0.257 e. The molecule has 1 atom stereocenters. The van der Waals surface area contributed by atoms with Crippen LogP contribution in [0.25, 0.3) is 0 Å². The highest BCUT2D eigenvalue weighted by Gasteiger charge is 2.19. The highest BCUT2D eigenvalue weighted by molar-refractivity contribution is 7.89. The second-order valence-electron chi connectivity index (χ2n) is 3.05. The number of aryl methyl sites for hydroxylation is 1. The number of sulfonamides is 1. The summed E-state index contributed by atoms with van der Waals surface area (Å²) in [7, 11) is -1.92. The van der Waals surface area contributed by atoms with Crippen LogP contribution in [0.3, 0.4) is 0 Å². The van der Waals surface area contributed by atoms with Crippen molar-refractivity contribution in [3.05, 3.63) is 12.3 Å². The van der Waals surface area contributed by atoms with Gasteiger partial charge in [-0.25, -0.2) is 13.1 Å². The van der Waals surface area contributed by atoms with Gasteiger partial charge in [0, 0.05) is 19.6 Å². The monoisotopic (exact) mass is 218 g/mol. The molecule has 0 aliphatic heterocycles. The van der Waals surface area contributed by atoms with Gasteiger partial charge >= 0.3 is 0 Å². The quantitative estimate of drug-likeness (QED) is 0.681. The van der Waals surface area contributed by atoms with Gasteiger partial charge in [0.05, 0.1) is 6.20 Å². The maximum Gasteiger partial charge on any atom is 0.257 e. The van der Waals surface area contributed by atoms with E-state index in [1.807, 2.05) is 0 Å². The minimum Gasteiger partial charge on any atom is -0.329 e. The molecule has 0 aromatic carbocycles. The van der Waals surface area contributed by atoms with E-state index in [4.69, 9.17) is 5.73 Å². The topological polar surface area (TPSA) is 90.0 Å². The molecule has 0 spiro atoms. The molecule has 14 heavy (non-hydrogen) atoms. The van der Waals surface area contributed by atoms with E-state index < -0.39 is 10.0 Å². The summed E-state index contributed by atoms with van der Waals surface area (Å²) in [4.78, 5) is 0. The van der Waals surface area contributed by atoms with Gasteiger partial charge in [-0.15, -0.1) is 0 Å². The van der Waals surface area contributed by atoms with E-state index >= 15 is 0 Å². The molecule has 1 rings (SSSR count).